The summed E-state index contributed by atoms with van der Waals surface area (Å²) >= 11 is 1.57. The standard InChI is InChI=1S/C31H48O4S/c1-7-13-33-14-15-34-16-17-36-21-27(32)35-24-18-22(2)28-23(19-24)20-26-30(5)11-8-10-29(3,4)25(30)9-12-31(26,28)6/h18-19,25-26H,7-17,20-21H2,1-6H3/t25-,26-,30-,31+/m0/s1. The van der Waals surface area contributed by atoms with E-state index in [2.05, 4.69) is 53.7 Å². The number of esters is 1. The van der Waals surface area contributed by atoms with E-state index < -0.39 is 0 Å². The molecular weight excluding hydrogens is 468 g/mol. The number of hydrogen-bond donors (Lipinski definition) is 0. The molecule has 0 bridgehead atoms. The number of carbonyl (C=O) groups excluding carboxylic acids is 1. The first-order chi connectivity index (χ1) is 17.1. The third-order valence-corrected chi connectivity index (χ3v) is 10.6. The second kappa shape index (κ2) is 11.4. The highest BCUT2D eigenvalue weighted by atomic mass is 32.2. The number of ether oxygens (including phenoxy) is 3. The highest BCUT2D eigenvalue weighted by Gasteiger charge is 2.61. The van der Waals surface area contributed by atoms with Crippen molar-refractivity contribution in [1.82, 2.24) is 0 Å². The molecule has 0 unspecified atom stereocenters. The van der Waals surface area contributed by atoms with E-state index in [0.29, 0.717) is 48.1 Å². The normalized spacial score (nSPS) is 30.4. The fourth-order valence-corrected chi connectivity index (χ4v) is 8.99. The van der Waals surface area contributed by atoms with E-state index in [1.807, 2.05) is 0 Å². The zero-order valence-corrected chi connectivity index (χ0v) is 24.4. The fraction of sp³-hybridized carbons (Fsp3) is 0.774. The number of thioether (sulfide) groups is 1. The van der Waals surface area contributed by atoms with Gasteiger partial charge in [0.25, 0.3) is 0 Å². The molecule has 0 radical (unpaired) electrons. The van der Waals surface area contributed by atoms with Crippen molar-refractivity contribution in [3.05, 3.63) is 28.8 Å². The van der Waals surface area contributed by atoms with Crippen molar-refractivity contribution in [2.45, 2.75) is 91.9 Å². The van der Waals surface area contributed by atoms with Crippen LogP contribution in [0.1, 0.15) is 89.8 Å². The Morgan fingerprint density at radius 3 is 2.50 bits per heavy atom. The van der Waals surface area contributed by atoms with Crippen molar-refractivity contribution in [1.29, 1.82) is 0 Å². The minimum atomic E-state index is -0.173. The van der Waals surface area contributed by atoms with Gasteiger partial charge in [0.05, 0.1) is 25.6 Å². The van der Waals surface area contributed by atoms with Gasteiger partial charge in [-0.3, -0.25) is 4.79 Å². The van der Waals surface area contributed by atoms with Crippen LogP contribution in [-0.2, 0) is 26.1 Å². The molecule has 0 aromatic heterocycles. The Morgan fingerprint density at radius 1 is 1.00 bits per heavy atom. The van der Waals surface area contributed by atoms with Crippen LogP contribution in [0.3, 0.4) is 0 Å². The quantitative estimate of drug-likeness (QED) is 0.178. The van der Waals surface area contributed by atoms with Crippen LogP contribution in [0.5, 0.6) is 5.75 Å². The zero-order valence-electron chi connectivity index (χ0n) is 23.5. The smallest absolute Gasteiger partial charge is 0.321 e. The molecule has 3 aliphatic carbocycles. The molecule has 36 heavy (non-hydrogen) atoms. The third kappa shape index (κ3) is 5.54. The number of carbonyl (C=O) groups is 1. The van der Waals surface area contributed by atoms with E-state index in [9.17, 15) is 4.79 Å². The molecule has 5 heteroatoms. The molecule has 4 rings (SSSR count). The van der Waals surface area contributed by atoms with Crippen LogP contribution in [0.25, 0.3) is 0 Å². The van der Waals surface area contributed by atoms with E-state index in [1.165, 1.54) is 43.2 Å². The summed E-state index contributed by atoms with van der Waals surface area (Å²) in [5.41, 5.74) is 5.32. The lowest BCUT2D eigenvalue weighted by Gasteiger charge is -2.61. The van der Waals surface area contributed by atoms with Gasteiger partial charge in [-0.15, -0.1) is 11.8 Å². The molecule has 0 aliphatic heterocycles. The first-order valence-corrected chi connectivity index (χ1v) is 15.3. The SMILES string of the molecule is CCCOCCOCCSCC(=O)Oc1cc(C)c2c(c1)C[C@H]1[C@@]3(C)CCCC(C)(C)[C@@H]3CC[C@@]21C. The van der Waals surface area contributed by atoms with E-state index in [0.717, 1.165) is 31.1 Å². The first-order valence-electron chi connectivity index (χ1n) is 14.2. The number of benzene rings is 1. The highest BCUT2D eigenvalue weighted by molar-refractivity contribution is 7.99. The molecule has 202 valence electrons. The lowest BCUT2D eigenvalue weighted by atomic mass is 9.43. The lowest BCUT2D eigenvalue weighted by Crippen LogP contribution is -2.55. The molecule has 0 spiro atoms. The van der Waals surface area contributed by atoms with Gasteiger partial charge in [0.1, 0.15) is 5.75 Å². The highest BCUT2D eigenvalue weighted by Crippen LogP contribution is 2.67. The molecule has 2 saturated carbocycles. The summed E-state index contributed by atoms with van der Waals surface area (Å²) in [5.74, 6) is 3.14. The minimum absolute atomic E-state index is 0.173. The van der Waals surface area contributed by atoms with Gasteiger partial charge < -0.3 is 14.2 Å². The number of fused-ring (bicyclic) bond motifs is 5. The number of hydrogen-bond acceptors (Lipinski definition) is 5. The average molecular weight is 517 g/mol. The molecule has 0 saturated heterocycles. The Kier molecular flexibility index (Phi) is 8.84. The van der Waals surface area contributed by atoms with Crippen molar-refractivity contribution in [3.63, 3.8) is 0 Å². The van der Waals surface area contributed by atoms with Crippen LogP contribution in [-0.4, -0.2) is 43.9 Å². The van der Waals surface area contributed by atoms with E-state index in [-0.39, 0.29) is 11.4 Å². The molecule has 4 nitrogen and oxygen atoms in total. The predicted octanol–water partition coefficient (Wildman–Crippen LogP) is 7.13. The van der Waals surface area contributed by atoms with Crippen molar-refractivity contribution in [3.8, 4) is 5.75 Å². The zero-order chi connectivity index (χ0) is 26.0. The van der Waals surface area contributed by atoms with Crippen molar-refractivity contribution < 1.29 is 19.0 Å². The van der Waals surface area contributed by atoms with Crippen LogP contribution in [0.2, 0.25) is 0 Å². The van der Waals surface area contributed by atoms with Gasteiger partial charge in [-0.1, -0.05) is 41.0 Å². The average Bonchev–Trinajstić information content (AvgIpc) is 3.11. The Bertz CT molecular complexity index is 927. The molecule has 0 amide bonds. The predicted molar refractivity (Wildman–Crippen MR) is 149 cm³/mol. The minimum Gasteiger partial charge on any atom is -0.426 e. The topological polar surface area (TPSA) is 44.8 Å². The second-order valence-electron chi connectivity index (χ2n) is 12.6. The van der Waals surface area contributed by atoms with Gasteiger partial charge >= 0.3 is 5.97 Å². The Hall–Kier alpha value is -1.04. The van der Waals surface area contributed by atoms with Crippen LogP contribution in [0.4, 0.5) is 0 Å². The Balaban J connectivity index is 1.35. The van der Waals surface area contributed by atoms with Gasteiger partial charge in [0.2, 0.25) is 0 Å². The molecule has 0 N–H and O–H groups in total. The van der Waals surface area contributed by atoms with E-state index in [1.54, 1.807) is 17.3 Å². The summed E-state index contributed by atoms with van der Waals surface area (Å²) in [5, 5.41) is 0. The summed E-state index contributed by atoms with van der Waals surface area (Å²) in [6.45, 7) is 17.1. The molecule has 1 aromatic rings. The molecule has 4 atom stereocenters. The largest absolute Gasteiger partial charge is 0.426 e. The van der Waals surface area contributed by atoms with Crippen LogP contribution in [0, 0.1) is 29.6 Å². The molecule has 3 aliphatic rings. The van der Waals surface area contributed by atoms with Crippen LogP contribution < -0.4 is 4.74 Å². The van der Waals surface area contributed by atoms with Gasteiger partial charge in [0, 0.05) is 12.4 Å². The Labute approximate surface area is 223 Å². The number of aryl methyl sites for hydroxylation is 1. The van der Waals surface area contributed by atoms with Crippen LogP contribution >= 0.6 is 11.8 Å². The second-order valence-corrected chi connectivity index (χ2v) is 13.7. The van der Waals surface area contributed by atoms with Gasteiger partial charge in [-0.05, 0) is 102 Å². The maximum atomic E-state index is 12.6. The van der Waals surface area contributed by atoms with E-state index in [4.69, 9.17) is 14.2 Å². The number of rotatable bonds is 11. The lowest BCUT2D eigenvalue weighted by molar-refractivity contribution is -0.131. The first kappa shape index (κ1) is 28.0. The third-order valence-electron chi connectivity index (χ3n) is 9.72. The van der Waals surface area contributed by atoms with Crippen molar-refractivity contribution in [2.24, 2.45) is 22.7 Å². The molecule has 0 heterocycles. The maximum Gasteiger partial charge on any atom is 0.321 e. The summed E-state index contributed by atoms with van der Waals surface area (Å²) in [6, 6.07) is 4.29. The van der Waals surface area contributed by atoms with Gasteiger partial charge in [-0.25, -0.2) is 0 Å². The molecular formula is C31H48O4S. The summed E-state index contributed by atoms with van der Waals surface area (Å²) in [7, 11) is 0. The fourth-order valence-electron chi connectivity index (χ4n) is 8.39. The monoisotopic (exact) mass is 516 g/mol. The Morgan fingerprint density at radius 2 is 1.75 bits per heavy atom. The van der Waals surface area contributed by atoms with Crippen molar-refractivity contribution in [2.75, 3.05) is 37.9 Å². The molecule has 2 fully saturated rings. The summed E-state index contributed by atoms with van der Waals surface area (Å²) in [6.07, 6.45) is 8.81. The maximum absolute atomic E-state index is 12.6. The summed E-state index contributed by atoms with van der Waals surface area (Å²) in [4.78, 5) is 12.6. The van der Waals surface area contributed by atoms with Crippen molar-refractivity contribution >= 4 is 17.7 Å². The summed E-state index contributed by atoms with van der Waals surface area (Å²) < 4.78 is 16.8. The van der Waals surface area contributed by atoms with Gasteiger partial charge in [0.15, 0.2) is 0 Å². The van der Waals surface area contributed by atoms with E-state index >= 15 is 0 Å². The van der Waals surface area contributed by atoms with Crippen LogP contribution in [0.15, 0.2) is 12.1 Å². The molecule has 1 aromatic carbocycles. The van der Waals surface area contributed by atoms with Gasteiger partial charge in [-0.2, -0.15) is 0 Å².